The number of rotatable bonds is 6. The first-order valence-electron chi connectivity index (χ1n) is 8.29. The summed E-state index contributed by atoms with van der Waals surface area (Å²) in [5, 5.41) is 3.24. The zero-order valence-electron chi connectivity index (χ0n) is 15.2. The number of thiophene rings is 1. The van der Waals surface area contributed by atoms with Gasteiger partial charge in [-0.15, -0.1) is 11.3 Å². The molecule has 0 spiro atoms. The van der Waals surface area contributed by atoms with Gasteiger partial charge in [0.1, 0.15) is 6.61 Å². The van der Waals surface area contributed by atoms with Crippen molar-refractivity contribution in [3.8, 4) is 5.75 Å². The first-order valence-corrected chi connectivity index (χ1v) is 10.3. The zero-order valence-corrected chi connectivity index (χ0v) is 18.3. The predicted octanol–water partition coefficient (Wildman–Crippen LogP) is 6.61. The van der Waals surface area contributed by atoms with Gasteiger partial charge >= 0.3 is 12.2 Å². The molecule has 2 heterocycles. The summed E-state index contributed by atoms with van der Waals surface area (Å²) in [6.07, 6.45) is -4.03. The molecule has 0 aliphatic rings. The number of nitrogens with zero attached hydrogens (tertiary/aromatic N) is 2. The number of hydrazine groups is 1. The molecule has 164 valence electrons. The van der Waals surface area contributed by atoms with Gasteiger partial charge in [-0.2, -0.15) is 18.2 Å². The van der Waals surface area contributed by atoms with E-state index in [1.165, 1.54) is 0 Å². The molecule has 13 heteroatoms. The summed E-state index contributed by atoms with van der Waals surface area (Å²) in [5.41, 5.74) is 7.57. The van der Waals surface area contributed by atoms with E-state index in [0.29, 0.717) is 27.9 Å². The molecule has 0 bridgehead atoms. The van der Waals surface area contributed by atoms with Gasteiger partial charge in [0.2, 0.25) is 0 Å². The van der Waals surface area contributed by atoms with Crippen molar-refractivity contribution >= 4 is 63.0 Å². The van der Waals surface area contributed by atoms with Gasteiger partial charge in [-0.1, -0.05) is 40.9 Å². The molecule has 0 unspecified atom stereocenters. The van der Waals surface area contributed by atoms with Gasteiger partial charge in [0, 0.05) is 21.8 Å². The molecule has 6 nitrogen and oxygen atoms in total. The lowest BCUT2D eigenvalue weighted by Crippen LogP contribution is -2.40. The molecule has 2 amide bonds. The number of nitrogens with two attached hydrogens (primary N) is 1. The maximum absolute atomic E-state index is 12.8. The number of carbonyl (C=O) groups is 1. The second-order valence-electron chi connectivity index (χ2n) is 5.95. The van der Waals surface area contributed by atoms with E-state index in [9.17, 15) is 18.0 Å². The van der Waals surface area contributed by atoms with E-state index in [0.717, 1.165) is 16.3 Å². The van der Waals surface area contributed by atoms with Gasteiger partial charge < -0.3 is 10.5 Å². The Balaban J connectivity index is 1.82. The summed E-state index contributed by atoms with van der Waals surface area (Å²) in [6.45, 7) is 0.0611. The number of carbonyl (C=O) groups excluding carboxylic acids is 1. The highest BCUT2D eigenvalue weighted by atomic mass is 35.5. The van der Waals surface area contributed by atoms with Crippen LogP contribution in [0.1, 0.15) is 11.1 Å². The molecule has 0 aliphatic heterocycles. The lowest BCUT2D eigenvalue weighted by atomic mass is 10.2. The average molecular weight is 512 g/mol. The number of halogens is 6. The van der Waals surface area contributed by atoms with Crippen LogP contribution in [0.15, 0.2) is 41.9 Å². The first-order chi connectivity index (χ1) is 14.6. The monoisotopic (exact) mass is 510 g/mol. The second kappa shape index (κ2) is 9.39. The summed E-state index contributed by atoms with van der Waals surface area (Å²) in [6, 6.07) is 6.21. The molecule has 2 aromatic heterocycles. The number of benzene rings is 1. The third-order valence-electron chi connectivity index (χ3n) is 3.82. The summed E-state index contributed by atoms with van der Waals surface area (Å²) < 4.78 is 44.2. The van der Waals surface area contributed by atoms with Crippen molar-refractivity contribution < 1.29 is 22.7 Å². The van der Waals surface area contributed by atoms with Crippen LogP contribution in [-0.2, 0) is 12.8 Å². The van der Waals surface area contributed by atoms with Gasteiger partial charge in [-0.05, 0) is 29.6 Å². The van der Waals surface area contributed by atoms with Crippen LogP contribution in [0.5, 0.6) is 5.75 Å². The lowest BCUT2D eigenvalue weighted by molar-refractivity contribution is -0.137. The Labute approximate surface area is 193 Å². The van der Waals surface area contributed by atoms with Crippen LogP contribution in [0.4, 0.5) is 28.8 Å². The number of primary amides is 1. The van der Waals surface area contributed by atoms with Crippen LogP contribution >= 0.6 is 46.1 Å². The van der Waals surface area contributed by atoms with Crippen molar-refractivity contribution in [2.75, 3.05) is 10.4 Å². The Bertz CT molecular complexity index is 1110. The molecule has 0 saturated carbocycles. The van der Waals surface area contributed by atoms with Crippen molar-refractivity contribution in [2.24, 2.45) is 5.73 Å². The first kappa shape index (κ1) is 23.3. The van der Waals surface area contributed by atoms with E-state index in [4.69, 9.17) is 45.3 Å². The van der Waals surface area contributed by atoms with Crippen LogP contribution in [-0.4, -0.2) is 11.0 Å². The topological polar surface area (TPSA) is 80.5 Å². The van der Waals surface area contributed by atoms with Crippen molar-refractivity contribution in [1.29, 1.82) is 0 Å². The summed E-state index contributed by atoms with van der Waals surface area (Å²) >= 11 is 19.0. The highest BCUT2D eigenvalue weighted by Gasteiger charge is 2.32. The largest absolute Gasteiger partial charge is 0.486 e. The fourth-order valence-corrected chi connectivity index (χ4v) is 3.82. The Morgan fingerprint density at radius 1 is 1.19 bits per heavy atom. The fourth-order valence-electron chi connectivity index (χ4n) is 2.34. The number of anilines is 2. The summed E-state index contributed by atoms with van der Waals surface area (Å²) in [5.74, 6) is 0.0684. The van der Waals surface area contributed by atoms with E-state index in [2.05, 4.69) is 10.4 Å². The second-order valence-corrected chi connectivity index (χ2v) is 8.10. The number of hydrogen-bond acceptors (Lipinski definition) is 5. The number of hydrogen-bond donors (Lipinski definition) is 2. The van der Waals surface area contributed by atoms with E-state index in [-0.39, 0.29) is 28.2 Å². The van der Waals surface area contributed by atoms with Crippen molar-refractivity contribution in [1.82, 2.24) is 4.98 Å². The minimum absolute atomic E-state index is 0.0611. The minimum Gasteiger partial charge on any atom is -0.486 e. The minimum atomic E-state index is -4.61. The predicted molar refractivity (Wildman–Crippen MR) is 115 cm³/mol. The van der Waals surface area contributed by atoms with Gasteiger partial charge in [-0.3, -0.25) is 5.43 Å². The number of urea groups is 1. The molecular formula is C18H12Cl3F3N4O2S. The number of aromatic nitrogens is 1. The third kappa shape index (κ3) is 5.65. The van der Waals surface area contributed by atoms with Crippen LogP contribution in [0.2, 0.25) is 15.1 Å². The van der Waals surface area contributed by atoms with Crippen molar-refractivity contribution in [3.63, 3.8) is 0 Å². The molecule has 31 heavy (non-hydrogen) atoms. The smallest absolute Gasteiger partial charge is 0.417 e. The molecule has 0 atom stereocenters. The number of pyridine rings is 1. The highest BCUT2D eigenvalue weighted by Crippen LogP contribution is 2.37. The summed E-state index contributed by atoms with van der Waals surface area (Å²) in [7, 11) is 0. The van der Waals surface area contributed by atoms with Gasteiger partial charge in [0.15, 0.2) is 16.6 Å². The third-order valence-corrected chi connectivity index (χ3v) is 5.57. The Morgan fingerprint density at radius 3 is 2.55 bits per heavy atom. The van der Waals surface area contributed by atoms with Gasteiger partial charge in [0.25, 0.3) is 0 Å². The lowest BCUT2D eigenvalue weighted by Gasteiger charge is -2.22. The zero-order chi connectivity index (χ0) is 22.8. The fraction of sp³-hybridized carbons (Fsp3) is 0.111. The molecular weight excluding hydrogens is 500 g/mol. The van der Waals surface area contributed by atoms with Crippen LogP contribution < -0.4 is 20.9 Å². The molecule has 3 N–H and O–H groups in total. The highest BCUT2D eigenvalue weighted by molar-refractivity contribution is 7.14. The SMILES string of the molecule is NC(=O)N(Nc1ncc(C(F)(F)F)cc1Cl)c1sccc1OCc1ccc(Cl)cc1Cl. The quantitative estimate of drug-likeness (QED) is 0.365. The Morgan fingerprint density at radius 2 is 1.94 bits per heavy atom. The van der Waals surface area contributed by atoms with Gasteiger partial charge in [0.05, 0.1) is 10.6 Å². The standard InChI is InChI=1S/C18H12Cl3F3N4O2S/c19-11-2-1-9(12(20)6-11)8-30-14-3-4-31-16(14)28(17(25)29)27-15-13(21)5-10(7-26-15)18(22,23)24/h1-7H,8H2,(H2,25,29)(H,26,27). The molecule has 3 rings (SSSR count). The number of ether oxygens (including phenoxy) is 1. The van der Waals surface area contributed by atoms with Gasteiger partial charge in [-0.25, -0.2) is 9.78 Å². The Hall–Kier alpha value is -2.40. The van der Waals surface area contributed by atoms with Crippen LogP contribution in [0, 0.1) is 0 Å². The van der Waals surface area contributed by atoms with E-state index in [1.807, 2.05) is 0 Å². The molecule has 0 radical (unpaired) electrons. The maximum atomic E-state index is 12.8. The van der Waals surface area contributed by atoms with E-state index >= 15 is 0 Å². The molecule has 0 fully saturated rings. The molecule has 3 aromatic rings. The summed E-state index contributed by atoms with van der Waals surface area (Å²) in [4.78, 5) is 15.6. The number of amides is 2. The van der Waals surface area contributed by atoms with Crippen LogP contribution in [0.25, 0.3) is 0 Å². The number of nitrogens with one attached hydrogen (secondary N) is 1. The molecule has 0 saturated heterocycles. The van der Waals surface area contributed by atoms with Crippen molar-refractivity contribution in [3.05, 3.63) is 68.1 Å². The molecule has 1 aromatic carbocycles. The average Bonchev–Trinajstić information content (AvgIpc) is 3.13. The van der Waals surface area contributed by atoms with Crippen molar-refractivity contribution in [2.45, 2.75) is 12.8 Å². The Kier molecular flexibility index (Phi) is 7.05. The number of alkyl halides is 3. The van der Waals surface area contributed by atoms with E-state index < -0.39 is 17.8 Å². The maximum Gasteiger partial charge on any atom is 0.417 e. The molecule has 0 aliphatic carbocycles. The van der Waals surface area contributed by atoms with E-state index in [1.54, 1.807) is 29.6 Å². The van der Waals surface area contributed by atoms with Crippen LogP contribution in [0.3, 0.4) is 0 Å². The normalized spacial score (nSPS) is 11.3.